The van der Waals surface area contributed by atoms with Gasteiger partial charge in [-0.05, 0) is 22.4 Å². The minimum Gasteiger partial charge on any atom is -0.383 e. The lowest BCUT2D eigenvalue weighted by Gasteiger charge is -2.06. The molecule has 0 atom stereocenters. The summed E-state index contributed by atoms with van der Waals surface area (Å²) in [6.45, 7) is 2.08. The molecule has 84 valence electrons. The van der Waals surface area contributed by atoms with E-state index in [-0.39, 0.29) is 0 Å². The molecule has 0 saturated carbocycles. The number of nitrogens with zero attached hydrogens (tertiary/aromatic N) is 4. The van der Waals surface area contributed by atoms with E-state index in [4.69, 9.17) is 5.73 Å². The van der Waals surface area contributed by atoms with Crippen molar-refractivity contribution < 1.29 is 0 Å². The van der Waals surface area contributed by atoms with Gasteiger partial charge in [-0.3, -0.25) is 0 Å². The van der Waals surface area contributed by atoms with Gasteiger partial charge in [0.05, 0.1) is 16.4 Å². The largest absolute Gasteiger partial charge is 0.383 e. The molecule has 0 unspecified atom stereocenters. The predicted molar refractivity (Wildman–Crippen MR) is 63.5 cm³/mol. The van der Waals surface area contributed by atoms with Crippen molar-refractivity contribution in [1.82, 2.24) is 25.4 Å². The molecule has 2 aromatic heterocycles. The van der Waals surface area contributed by atoms with Crippen LogP contribution in [0.25, 0.3) is 11.5 Å². The second kappa shape index (κ2) is 4.56. The maximum absolute atomic E-state index is 5.80. The van der Waals surface area contributed by atoms with Gasteiger partial charge < -0.3 is 5.73 Å². The number of hydrogen-bond donors (Lipinski definition) is 2. The molecule has 0 aliphatic rings. The average molecular weight is 283 g/mol. The summed E-state index contributed by atoms with van der Waals surface area (Å²) >= 11 is 3.38. The number of hydrogen-bond acceptors (Lipinski definition) is 5. The number of aromatic amines is 1. The lowest BCUT2D eigenvalue weighted by atomic mass is 10.2. The first kappa shape index (κ1) is 11.0. The Hall–Kier alpha value is -1.50. The van der Waals surface area contributed by atoms with Gasteiger partial charge in [0.25, 0.3) is 0 Å². The predicted octanol–water partition coefficient (Wildman–Crippen LogP) is 1.56. The van der Waals surface area contributed by atoms with E-state index in [9.17, 15) is 0 Å². The van der Waals surface area contributed by atoms with Gasteiger partial charge in [-0.2, -0.15) is 15.4 Å². The number of halogens is 1. The highest BCUT2D eigenvalue weighted by atomic mass is 79.9. The summed E-state index contributed by atoms with van der Waals surface area (Å²) in [6.07, 6.45) is 3.41. The van der Waals surface area contributed by atoms with Crippen LogP contribution in [0, 0.1) is 0 Å². The van der Waals surface area contributed by atoms with Crippen LogP contribution >= 0.6 is 15.9 Å². The molecule has 0 amide bonds. The van der Waals surface area contributed by atoms with Crippen LogP contribution in [-0.2, 0) is 6.42 Å². The van der Waals surface area contributed by atoms with Crippen molar-refractivity contribution in [2.24, 2.45) is 0 Å². The van der Waals surface area contributed by atoms with Gasteiger partial charge >= 0.3 is 0 Å². The zero-order valence-corrected chi connectivity index (χ0v) is 10.3. The Kier molecular flexibility index (Phi) is 3.14. The van der Waals surface area contributed by atoms with Crippen LogP contribution in [-0.4, -0.2) is 25.4 Å². The summed E-state index contributed by atoms with van der Waals surface area (Å²) in [7, 11) is 0. The van der Waals surface area contributed by atoms with Crippen LogP contribution in [0.4, 0.5) is 5.82 Å². The second-order valence-corrected chi connectivity index (χ2v) is 4.09. The molecule has 0 aromatic carbocycles. The maximum Gasteiger partial charge on any atom is 0.184 e. The fourth-order valence-electron chi connectivity index (χ4n) is 1.34. The van der Waals surface area contributed by atoms with Crippen molar-refractivity contribution in [3.05, 3.63) is 16.4 Å². The van der Waals surface area contributed by atoms with Crippen LogP contribution in [0.2, 0.25) is 0 Å². The minimum atomic E-state index is 0.427. The summed E-state index contributed by atoms with van der Waals surface area (Å²) in [6, 6.07) is 0. The zero-order chi connectivity index (χ0) is 11.5. The van der Waals surface area contributed by atoms with Crippen molar-refractivity contribution in [2.45, 2.75) is 19.8 Å². The first-order chi connectivity index (χ1) is 7.72. The maximum atomic E-state index is 5.80. The number of anilines is 1. The number of nitrogen functional groups attached to an aromatic ring is 1. The lowest BCUT2D eigenvalue weighted by molar-refractivity contribution is 0.867. The topological polar surface area (TPSA) is 93.4 Å². The van der Waals surface area contributed by atoms with Gasteiger partial charge in [0.2, 0.25) is 0 Å². The highest BCUT2D eigenvalue weighted by Gasteiger charge is 2.12. The van der Waals surface area contributed by atoms with Gasteiger partial charge in [-0.1, -0.05) is 13.3 Å². The molecule has 0 bridgehead atoms. The molecule has 2 heterocycles. The molecule has 2 aromatic rings. The Labute approximate surface area is 101 Å². The van der Waals surface area contributed by atoms with Crippen LogP contribution in [0.3, 0.4) is 0 Å². The molecular formula is C9H11BrN6. The number of nitrogens with two attached hydrogens (primary N) is 1. The summed E-state index contributed by atoms with van der Waals surface area (Å²) in [5.41, 5.74) is 7.29. The van der Waals surface area contributed by atoms with E-state index in [2.05, 4.69) is 48.2 Å². The molecule has 7 heteroatoms. The Morgan fingerprint density at radius 1 is 1.44 bits per heavy atom. The molecule has 0 spiro atoms. The van der Waals surface area contributed by atoms with E-state index in [1.807, 2.05) is 0 Å². The normalized spacial score (nSPS) is 10.6. The van der Waals surface area contributed by atoms with Gasteiger partial charge in [0.15, 0.2) is 5.82 Å². The molecule has 0 aliphatic heterocycles. The van der Waals surface area contributed by atoms with E-state index in [1.54, 1.807) is 6.20 Å². The Bertz CT molecular complexity index is 481. The smallest absolute Gasteiger partial charge is 0.184 e. The molecule has 0 radical (unpaired) electrons. The third kappa shape index (κ3) is 2.04. The van der Waals surface area contributed by atoms with E-state index >= 15 is 0 Å². The highest BCUT2D eigenvalue weighted by molar-refractivity contribution is 9.10. The van der Waals surface area contributed by atoms with Crippen molar-refractivity contribution in [3.8, 4) is 11.5 Å². The zero-order valence-electron chi connectivity index (χ0n) is 8.74. The second-order valence-electron chi connectivity index (χ2n) is 3.30. The van der Waals surface area contributed by atoms with Gasteiger partial charge in [-0.15, -0.1) is 0 Å². The number of H-pyrrole nitrogens is 1. The quantitative estimate of drug-likeness (QED) is 0.891. The van der Waals surface area contributed by atoms with Crippen LogP contribution < -0.4 is 5.73 Å². The van der Waals surface area contributed by atoms with Gasteiger partial charge in [-0.25, -0.2) is 9.97 Å². The molecule has 6 nitrogen and oxygen atoms in total. The van der Waals surface area contributed by atoms with Crippen LogP contribution in [0.15, 0.2) is 10.7 Å². The molecule has 0 saturated heterocycles. The molecule has 0 aliphatic carbocycles. The third-order valence-corrected chi connectivity index (χ3v) is 2.94. The SMILES string of the molecule is CCCc1nc(-c2cn[nH]n2)nc(N)c1Br. The Morgan fingerprint density at radius 3 is 2.88 bits per heavy atom. The van der Waals surface area contributed by atoms with E-state index in [0.29, 0.717) is 17.3 Å². The molecular weight excluding hydrogens is 272 g/mol. The van der Waals surface area contributed by atoms with Crippen molar-refractivity contribution in [1.29, 1.82) is 0 Å². The molecule has 2 rings (SSSR count). The average Bonchev–Trinajstić information content (AvgIpc) is 2.78. The first-order valence-corrected chi connectivity index (χ1v) is 5.69. The summed E-state index contributed by atoms with van der Waals surface area (Å²) in [5, 5.41) is 10.2. The number of aryl methyl sites for hydroxylation is 1. The van der Waals surface area contributed by atoms with E-state index in [0.717, 1.165) is 23.0 Å². The highest BCUT2D eigenvalue weighted by Crippen LogP contribution is 2.24. The monoisotopic (exact) mass is 282 g/mol. The first-order valence-electron chi connectivity index (χ1n) is 4.90. The Morgan fingerprint density at radius 2 is 2.25 bits per heavy atom. The molecule has 3 N–H and O–H groups in total. The number of aromatic nitrogens is 5. The Balaban J connectivity index is 2.48. The summed E-state index contributed by atoms with van der Waals surface area (Å²) in [4.78, 5) is 8.56. The third-order valence-electron chi connectivity index (χ3n) is 2.08. The van der Waals surface area contributed by atoms with Crippen LogP contribution in [0.5, 0.6) is 0 Å². The fraction of sp³-hybridized carbons (Fsp3) is 0.333. The van der Waals surface area contributed by atoms with Crippen molar-refractivity contribution >= 4 is 21.7 Å². The molecule has 0 fully saturated rings. The standard InChI is InChI=1S/C9H11BrN6/c1-2-3-5-7(10)8(11)14-9(13-5)6-4-12-16-15-6/h4H,2-3H2,1H3,(H2,11,13,14)(H,12,15,16). The van der Waals surface area contributed by atoms with E-state index in [1.165, 1.54) is 0 Å². The summed E-state index contributed by atoms with van der Waals surface area (Å²) in [5.74, 6) is 0.925. The summed E-state index contributed by atoms with van der Waals surface area (Å²) < 4.78 is 0.765. The van der Waals surface area contributed by atoms with Crippen LogP contribution in [0.1, 0.15) is 19.0 Å². The van der Waals surface area contributed by atoms with Gasteiger partial charge in [0.1, 0.15) is 11.5 Å². The van der Waals surface area contributed by atoms with Crippen molar-refractivity contribution in [3.63, 3.8) is 0 Å². The fourth-order valence-corrected chi connectivity index (χ4v) is 1.71. The van der Waals surface area contributed by atoms with E-state index < -0.39 is 0 Å². The molecule has 16 heavy (non-hydrogen) atoms. The number of nitrogens with one attached hydrogen (secondary N) is 1. The van der Waals surface area contributed by atoms with Crippen molar-refractivity contribution in [2.75, 3.05) is 5.73 Å². The number of rotatable bonds is 3. The van der Waals surface area contributed by atoms with Gasteiger partial charge in [0, 0.05) is 0 Å². The lowest BCUT2D eigenvalue weighted by Crippen LogP contribution is -2.03. The minimum absolute atomic E-state index is 0.427.